The normalized spacial score (nSPS) is 20.8. The lowest BCUT2D eigenvalue weighted by Crippen LogP contribution is -2.09. The third kappa shape index (κ3) is 2.28. The van der Waals surface area contributed by atoms with Crippen molar-refractivity contribution in [2.24, 2.45) is 0 Å². The molecule has 0 aromatic heterocycles. The van der Waals surface area contributed by atoms with E-state index in [-0.39, 0.29) is 11.9 Å². The van der Waals surface area contributed by atoms with Crippen LogP contribution in [0, 0.1) is 0 Å². The van der Waals surface area contributed by atoms with E-state index in [1.54, 1.807) is 6.07 Å². The van der Waals surface area contributed by atoms with E-state index < -0.39 is 10.8 Å². The molecule has 1 aliphatic carbocycles. The van der Waals surface area contributed by atoms with E-state index in [0.717, 1.165) is 24.0 Å². The smallest absolute Gasteiger partial charge is 0.0604 e. The second-order valence-electron chi connectivity index (χ2n) is 3.79. The van der Waals surface area contributed by atoms with Crippen molar-refractivity contribution in [2.45, 2.75) is 18.1 Å². The molecule has 1 aromatic carbocycles. The minimum absolute atomic E-state index is 0.0293. The van der Waals surface area contributed by atoms with E-state index in [1.807, 2.05) is 6.07 Å². The molecule has 0 fully saturated rings. The maximum atomic E-state index is 11.9. The van der Waals surface area contributed by atoms with Crippen molar-refractivity contribution in [1.82, 2.24) is 0 Å². The topological polar surface area (TPSA) is 37.3 Å². The fourth-order valence-electron chi connectivity index (χ4n) is 2.11. The summed E-state index contributed by atoms with van der Waals surface area (Å²) in [5.41, 5.74) is 2.05. The first-order chi connectivity index (χ1) is 7.63. The van der Waals surface area contributed by atoms with Crippen LogP contribution in [0.5, 0.6) is 0 Å². The van der Waals surface area contributed by atoms with E-state index in [9.17, 15) is 4.21 Å². The van der Waals surface area contributed by atoms with Gasteiger partial charge in [0.1, 0.15) is 0 Å². The van der Waals surface area contributed by atoms with Crippen LogP contribution in [0.1, 0.15) is 22.8 Å². The predicted molar refractivity (Wildman–Crippen MR) is 67.6 cm³/mol. The van der Waals surface area contributed by atoms with Gasteiger partial charge in [0, 0.05) is 26.6 Å². The molecule has 5 heteroatoms. The summed E-state index contributed by atoms with van der Waals surface area (Å²) in [7, 11) is -1.04. The molecule has 0 radical (unpaired) electrons. The van der Waals surface area contributed by atoms with Crippen molar-refractivity contribution < 1.29 is 9.32 Å². The largest absolute Gasteiger partial charge is 0.395 e. The Morgan fingerprint density at radius 3 is 2.88 bits per heavy atom. The van der Waals surface area contributed by atoms with Crippen LogP contribution in [0.25, 0.3) is 0 Å². The van der Waals surface area contributed by atoms with Gasteiger partial charge in [0.2, 0.25) is 0 Å². The summed E-state index contributed by atoms with van der Waals surface area (Å²) in [5, 5.41) is 10.0. The van der Waals surface area contributed by atoms with Crippen molar-refractivity contribution in [3.05, 3.63) is 33.3 Å². The molecule has 2 rings (SSSR count). The van der Waals surface area contributed by atoms with Crippen molar-refractivity contribution in [3.8, 4) is 0 Å². The summed E-state index contributed by atoms with van der Waals surface area (Å²) in [5.74, 6) is 0.314. The average molecular weight is 279 g/mol. The minimum atomic E-state index is -1.04. The van der Waals surface area contributed by atoms with Gasteiger partial charge >= 0.3 is 0 Å². The zero-order valence-corrected chi connectivity index (χ0v) is 10.9. The standard InChI is InChI=1S/C11H12Cl2O2S/c12-7-5-9-8(10(13)6-7)1-2-11(9)16(15)4-3-14/h5-6,11,14H,1-4H2. The molecule has 2 unspecified atom stereocenters. The lowest BCUT2D eigenvalue weighted by molar-refractivity contribution is 0.321. The number of halogens is 2. The van der Waals surface area contributed by atoms with Gasteiger partial charge in [0.05, 0.1) is 11.9 Å². The molecule has 0 saturated carbocycles. The molecule has 0 bridgehead atoms. The molecule has 0 aliphatic heterocycles. The van der Waals surface area contributed by atoms with Crippen LogP contribution in [0.2, 0.25) is 10.0 Å². The predicted octanol–water partition coefficient (Wildman–Crippen LogP) is 2.72. The van der Waals surface area contributed by atoms with Crippen molar-refractivity contribution in [1.29, 1.82) is 0 Å². The summed E-state index contributed by atoms with van der Waals surface area (Å²) in [6.45, 7) is -0.0489. The SMILES string of the molecule is O=S(CCO)C1CCc2c(Cl)cc(Cl)cc21. The number of fused-ring (bicyclic) bond motifs is 1. The van der Waals surface area contributed by atoms with Crippen LogP contribution in [0.3, 0.4) is 0 Å². The highest BCUT2D eigenvalue weighted by molar-refractivity contribution is 7.85. The lowest BCUT2D eigenvalue weighted by atomic mass is 10.1. The van der Waals surface area contributed by atoms with Crippen LogP contribution >= 0.6 is 23.2 Å². The van der Waals surface area contributed by atoms with Crippen LogP contribution in [-0.4, -0.2) is 21.7 Å². The van der Waals surface area contributed by atoms with Gasteiger partial charge in [-0.25, -0.2) is 0 Å². The first kappa shape index (κ1) is 12.4. The Morgan fingerprint density at radius 1 is 1.44 bits per heavy atom. The number of aliphatic hydroxyl groups is 1. The van der Waals surface area contributed by atoms with E-state index in [1.165, 1.54) is 0 Å². The van der Waals surface area contributed by atoms with E-state index in [4.69, 9.17) is 28.3 Å². The Balaban J connectivity index is 2.35. The molecule has 0 spiro atoms. The van der Waals surface area contributed by atoms with Gasteiger partial charge in [-0.15, -0.1) is 0 Å². The minimum Gasteiger partial charge on any atom is -0.395 e. The summed E-state index contributed by atoms with van der Waals surface area (Å²) < 4.78 is 11.9. The number of rotatable bonds is 3. The summed E-state index contributed by atoms with van der Waals surface area (Å²) in [6, 6.07) is 3.56. The zero-order valence-electron chi connectivity index (χ0n) is 8.58. The quantitative estimate of drug-likeness (QED) is 0.923. The number of benzene rings is 1. The van der Waals surface area contributed by atoms with Crippen molar-refractivity contribution >= 4 is 34.0 Å². The van der Waals surface area contributed by atoms with Gasteiger partial charge < -0.3 is 5.11 Å². The molecule has 0 saturated heterocycles. The lowest BCUT2D eigenvalue weighted by Gasteiger charge is -2.11. The Morgan fingerprint density at radius 2 is 2.19 bits per heavy atom. The first-order valence-electron chi connectivity index (χ1n) is 5.09. The monoisotopic (exact) mass is 278 g/mol. The number of hydrogen-bond acceptors (Lipinski definition) is 2. The Bertz CT molecular complexity index is 434. The average Bonchev–Trinajstić information content (AvgIpc) is 2.61. The molecule has 1 N–H and O–H groups in total. The van der Waals surface area contributed by atoms with Crippen molar-refractivity contribution in [3.63, 3.8) is 0 Å². The molecule has 1 aromatic rings. The second-order valence-corrected chi connectivity index (χ2v) is 6.37. The molecule has 1 aliphatic rings. The Hall–Kier alpha value is -0.0900. The molecule has 0 heterocycles. The van der Waals surface area contributed by atoms with E-state index in [0.29, 0.717) is 15.8 Å². The van der Waals surface area contributed by atoms with Gasteiger partial charge in [0.15, 0.2) is 0 Å². The highest BCUT2D eigenvalue weighted by atomic mass is 35.5. The zero-order chi connectivity index (χ0) is 11.7. The molecule has 16 heavy (non-hydrogen) atoms. The molecular weight excluding hydrogens is 267 g/mol. The molecule has 0 amide bonds. The van der Waals surface area contributed by atoms with Gasteiger partial charge in [-0.3, -0.25) is 4.21 Å². The van der Waals surface area contributed by atoms with E-state index in [2.05, 4.69) is 0 Å². The van der Waals surface area contributed by atoms with Gasteiger partial charge in [-0.05, 0) is 36.1 Å². The van der Waals surface area contributed by atoms with Gasteiger partial charge in [0.25, 0.3) is 0 Å². The van der Waals surface area contributed by atoms with Crippen LogP contribution in [-0.2, 0) is 17.2 Å². The maximum Gasteiger partial charge on any atom is 0.0604 e. The number of aliphatic hydroxyl groups excluding tert-OH is 1. The summed E-state index contributed by atoms with van der Waals surface area (Å²) in [6.07, 6.45) is 1.66. The number of hydrogen-bond donors (Lipinski definition) is 1. The highest BCUT2D eigenvalue weighted by Crippen LogP contribution is 2.40. The fourth-order valence-corrected chi connectivity index (χ4v) is 4.05. The Labute approximate surface area is 107 Å². The van der Waals surface area contributed by atoms with Gasteiger partial charge in [-0.2, -0.15) is 0 Å². The third-order valence-electron chi connectivity index (χ3n) is 2.81. The maximum absolute atomic E-state index is 11.9. The molecule has 88 valence electrons. The molecule has 2 nitrogen and oxygen atoms in total. The second kappa shape index (κ2) is 5.05. The summed E-state index contributed by atoms with van der Waals surface area (Å²) >= 11 is 12.0. The fraction of sp³-hybridized carbons (Fsp3) is 0.455. The van der Waals surface area contributed by atoms with E-state index >= 15 is 0 Å². The van der Waals surface area contributed by atoms with Crippen molar-refractivity contribution in [2.75, 3.05) is 12.4 Å². The van der Waals surface area contributed by atoms with Crippen LogP contribution in [0.15, 0.2) is 12.1 Å². The highest BCUT2D eigenvalue weighted by Gasteiger charge is 2.29. The van der Waals surface area contributed by atoms with Crippen LogP contribution < -0.4 is 0 Å². The molecule has 2 atom stereocenters. The summed E-state index contributed by atoms with van der Waals surface area (Å²) in [4.78, 5) is 0. The molecular formula is C11H12Cl2O2S. The van der Waals surface area contributed by atoms with Crippen LogP contribution in [0.4, 0.5) is 0 Å². The first-order valence-corrected chi connectivity index (χ1v) is 7.23. The third-order valence-corrected chi connectivity index (χ3v) is 5.07. The Kier molecular flexibility index (Phi) is 3.90. The van der Waals surface area contributed by atoms with Gasteiger partial charge in [-0.1, -0.05) is 23.2 Å².